The molecule has 3 aliphatic rings. The molecule has 17 heteroatoms. The van der Waals surface area contributed by atoms with Crippen LogP contribution in [0.4, 0.5) is 10.6 Å². The minimum absolute atomic E-state index is 0.0268. The van der Waals surface area contributed by atoms with Crippen LogP contribution in [0.3, 0.4) is 0 Å². The molecule has 1 unspecified atom stereocenters. The Bertz CT molecular complexity index is 1520. The second-order valence-corrected chi connectivity index (χ2v) is 16.9. The molecule has 1 aliphatic carbocycles. The number of aliphatic hydroxyl groups excluding tert-OH is 1. The summed E-state index contributed by atoms with van der Waals surface area (Å²) in [5, 5.41) is 13.2. The van der Waals surface area contributed by atoms with Crippen LogP contribution >= 0.6 is 19.2 Å². The number of hydrogen-bond donors (Lipinski definition) is 1. The van der Waals surface area contributed by atoms with Crippen molar-refractivity contribution in [1.82, 2.24) is 14.6 Å². The fourth-order valence-electron chi connectivity index (χ4n) is 6.95. The topological polar surface area (TPSA) is 162 Å². The van der Waals surface area contributed by atoms with Crippen LogP contribution in [-0.4, -0.2) is 113 Å². The van der Waals surface area contributed by atoms with Crippen LogP contribution in [0.1, 0.15) is 79.8 Å². The third kappa shape index (κ3) is 8.17. The maximum atomic E-state index is 13.9. The second kappa shape index (κ2) is 15.6. The Labute approximate surface area is 298 Å². The molecular formula is C33H52ClN4O11P. The quantitative estimate of drug-likeness (QED) is 0.227. The Morgan fingerprint density at radius 1 is 1.12 bits per heavy atom. The van der Waals surface area contributed by atoms with Crippen LogP contribution in [0.25, 0.3) is 5.52 Å². The summed E-state index contributed by atoms with van der Waals surface area (Å²) in [6.45, 7) is 11.6. The van der Waals surface area contributed by atoms with E-state index in [9.17, 15) is 14.5 Å². The van der Waals surface area contributed by atoms with Crippen LogP contribution in [0.15, 0.2) is 12.1 Å². The molecule has 15 nitrogen and oxygen atoms in total. The number of fused-ring (bicyclic) bond motifs is 2. The summed E-state index contributed by atoms with van der Waals surface area (Å²) in [6.07, 6.45) is 1.20. The van der Waals surface area contributed by atoms with Crippen LogP contribution < -0.4 is 4.90 Å². The number of ether oxygens (including phenoxy) is 6. The summed E-state index contributed by atoms with van der Waals surface area (Å²) in [4.78, 5) is 19.8. The van der Waals surface area contributed by atoms with Crippen molar-refractivity contribution in [3.05, 3.63) is 23.1 Å². The first-order valence-corrected chi connectivity index (χ1v) is 19.2. The molecule has 1 amide bonds. The molecule has 5 atom stereocenters. The molecule has 5 rings (SSSR count). The van der Waals surface area contributed by atoms with Gasteiger partial charge in [-0.15, -0.1) is 5.10 Å². The predicted octanol–water partition coefficient (Wildman–Crippen LogP) is 5.51. The molecule has 2 saturated heterocycles. The monoisotopic (exact) mass is 746 g/mol. The van der Waals surface area contributed by atoms with Gasteiger partial charge in [0.05, 0.1) is 39.1 Å². The van der Waals surface area contributed by atoms with Gasteiger partial charge in [0, 0.05) is 25.3 Å². The zero-order valence-corrected chi connectivity index (χ0v) is 31.9. The largest absolute Gasteiger partial charge is 0.443 e. The average molecular weight is 747 g/mol. The van der Waals surface area contributed by atoms with E-state index in [1.807, 2.05) is 46.8 Å². The molecule has 0 aromatic carbocycles. The SMILES string of the molecule is CCOP(=O)(OCC)C(CO)(COC)OC[C@H]1O[C@H](Cc2ccc3c(N(C(=O)OC(C)(C)C)C4CCCC4)nc(Cl)nn23)[C@@H]2OC(C)(C)O[C@@H]21. The van der Waals surface area contributed by atoms with Gasteiger partial charge in [-0.05, 0) is 85.0 Å². The van der Waals surface area contributed by atoms with Crippen molar-refractivity contribution >= 4 is 36.6 Å². The van der Waals surface area contributed by atoms with Gasteiger partial charge in [-0.2, -0.15) is 4.98 Å². The van der Waals surface area contributed by atoms with Crippen molar-refractivity contribution in [3.8, 4) is 0 Å². The fraction of sp³-hybridized carbons (Fsp3) is 0.788. The molecule has 0 bridgehead atoms. The summed E-state index contributed by atoms with van der Waals surface area (Å²) in [5.41, 5.74) is 0.627. The summed E-state index contributed by atoms with van der Waals surface area (Å²) in [5.74, 6) is -0.543. The van der Waals surface area contributed by atoms with E-state index in [2.05, 4.69) is 10.1 Å². The first-order chi connectivity index (χ1) is 23.6. The lowest BCUT2D eigenvalue weighted by molar-refractivity contribution is -0.198. The van der Waals surface area contributed by atoms with Gasteiger partial charge >= 0.3 is 13.7 Å². The van der Waals surface area contributed by atoms with Crippen LogP contribution in [-0.2, 0) is 48.5 Å². The van der Waals surface area contributed by atoms with E-state index in [-0.39, 0.29) is 37.8 Å². The number of nitrogens with zero attached hydrogens (tertiary/aromatic N) is 4. The standard InChI is InChI=1S/C33H52ClN4O11P/c1-9-44-50(41,45-10-2)33(19-39,20-42-8)43-18-25-27-26(47-32(6,7)48-27)24(46-25)17-22-15-16-23-28(35-29(34)36-38(22)23)37(21-13-11-12-14-21)30(40)49-31(3,4)5/h15-16,21,24-27,39H,9-14,17-20H2,1-8H3/t24-,25-,26+,27-,33?/m1/s1. The van der Waals surface area contributed by atoms with Crippen molar-refractivity contribution in [2.24, 2.45) is 0 Å². The predicted molar refractivity (Wildman–Crippen MR) is 184 cm³/mol. The van der Waals surface area contributed by atoms with E-state index in [4.69, 9.17) is 49.1 Å². The minimum atomic E-state index is -4.01. The van der Waals surface area contributed by atoms with E-state index in [1.54, 1.807) is 23.3 Å². The molecule has 0 spiro atoms. The summed E-state index contributed by atoms with van der Waals surface area (Å²) >= 11 is 6.52. The number of carbonyl (C=O) groups excluding carboxylic acids is 1. The third-order valence-electron chi connectivity index (χ3n) is 8.94. The number of anilines is 1. The molecule has 0 radical (unpaired) electrons. The van der Waals surface area contributed by atoms with Gasteiger partial charge in [0.2, 0.25) is 10.6 Å². The molecule has 282 valence electrons. The van der Waals surface area contributed by atoms with Crippen LogP contribution in [0.5, 0.6) is 0 Å². The molecule has 1 N–H and O–H groups in total. The van der Waals surface area contributed by atoms with Gasteiger partial charge in [0.15, 0.2) is 11.6 Å². The van der Waals surface area contributed by atoms with Crippen molar-refractivity contribution in [2.45, 2.75) is 128 Å². The molecule has 2 aliphatic heterocycles. The number of amides is 1. The zero-order chi connectivity index (χ0) is 36.5. The lowest BCUT2D eigenvalue weighted by atomic mass is 10.0. The Hall–Kier alpha value is -1.91. The van der Waals surface area contributed by atoms with Gasteiger partial charge in [-0.3, -0.25) is 9.46 Å². The number of aromatic nitrogens is 3. The van der Waals surface area contributed by atoms with E-state index in [0.717, 1.165) is 31.4 Å². The molecule has 3 fully saturated rings. The summed E-state index contributed by atoms with van der Waals surface area (Å²) in [6, 6.07) is 3.66. The molecule has 2 aromatic rings. The molecular weight excluding hydrogens is 695 g/mol. The van der Waals surface area contributed by atoms with Crippen molar-refractivity contribution in [3.63, 3.8) is 0 Å². The normalized spacial score (nSPS) is 25.2. The van der Waals surface area contributed by atoms with Gasteiger partial charge in [0.1, 0.15) is 29.4 Å². The highest BCUT2D eigenvalue weighted by molar-refractivity contribution is 7.55. The van der Waals surface area contributed by atoms with Gasteiger partial charge in [0.25, 0.3) is 0 Å². The van der Waals surface area contributed by atoms with Crippen molar-refractivity contribution < 1.29 is 51.9 Å². The first-order valence-electron chi connectivity index (χ1n) is 17.3. The second-order valence-electron chi connectivity index (χ2n) is 14.3. The van der Waals surface area contributed by atoms with Crippen LogP contribution in [0.2, 0.25) is 5.28 Å². The number of halogens is 1. The maximum absolute atomic E-state index is 13.9. The van der Waals surface area contributed by atoms with Crippen LogP contribution in [0, 0.1) is 0 Å². The minimum Gasteiger partial charge on any atom is -0.443 e. The van der Waals surface area contributed by atoms with Crippen molar-refractivity contribution in [2.75, 3.05) is 45.0 Å². The summed E-state index contributed by atoms with van der Waals surface area (Å²) < 4.78 is 63.3. The molecule has 50 heavy (non-hydrogen) atoms. The Morgan fingerprint density at radius 3 is 2.34 bits per heavy atom. The number of carbonyl (C=O) groups is 1. The molecule has 1 saturated carbocycles. The average Bonchev–Trinajstić information content (AvgIpc) is 3.81. The first kappa shape index (κ1) is 39.3. The Balaban J connectivity index is 1.43. The number of methoxy groups -OCH3 is 1. The summed E-state index contributed by atoms with van der Waals surface area (Å²) in [7, 11) is -2.60. The highest BCUT2D eigenvalue weighted by atomic mass is 35.5. The number of hydrogen-bond acceptors (Lipinski definition) is 13. The number of aliphatic hydroxyl groups is 1. The molecule has 4 heterocycles. The fourth-order valence-corrected chi connectivity index (χ4v) is 9.02. The Morgan fingerprint density at radius 2 is 1.76 bits per heavy atom. The lowest BCUT2D eigenvalue weighted by Crippen LogP contribution is -2.46. The highest BCUT2D eigenvalue weighted by Gasteiger charge is 2.58. The van der Waals surface area contributed by atoms with Gasteiger partial charge < -0.3 is 42.6 Å². The Kier molecular flexibility index (Phi) is 12.3. The van der Waals surface area contributed by atoms with E-state index in [0.29, 0.717) is 17.8 Å². The number of rotatable bonds is 15. The third-order valence-corrected chi connectivity index (χ3v) is 11.7. The van der Waals surface area contributed by atoms with Crippen molar-refractivity contribution in [1.29, 1.82) is 0 Å². The van der Waals surface area contributed by atoms with Gasteiger partial charge in [-0.1, -0.05) is 12.8 Å². The lowest BCUT2D eigenvalue weighted by Gasteiger charge is -2.37. The van der Waals surface area contributed by atoms with E-state index >= 15 is 0 Å². The van der Waals surface area contributed by atoms with Gasteiger partial charge in [-0.25, -0.2) is 9.31 Å². The zero-order valence-electron chi connectivity index (χ0n) is 30.3. The van der Waals surface area contributed by atoms with E-state index in [1.165, 1.54) is 7.11 Å². The smallest absolute Gasteiger partial charge is 0.416 e. The maximum Gasteiger partial charge on any atom is 0.416 e. The van der Waals surface area contributed by atoms with E-state index < -0.39 is 61.4 Å². The highest BCUT2D eigenvalue weighted by Crippen LogP contribution is 2.60. The molecule has 2 aromatic heterocycles.